The Balaban J connectivity index is 2.32. The molecule has 0 amide bonds. The SMILES string of the molecule is Cc1nc(C)c(-c2nnc3c(Cl)nccn23)s1. The van der Waals surface area contributed by atoms with E-state index in [0.717, 1.165) is 21.4 Å². The number of nitrogens with zero attached hydrogens (tertiary/aromatic N) is 5. The van der Waals surface area contributed by atoms with E-state index in [4.69, 9.17) is 11.6 Å². The Labute approximate surface area is 106 Å². The van der Waals surface area contributed by atoms with Gasteiger partial charge in [-0.3, -0.25) is 4.40 Å². The summed E-state index contributed by atoms with van der Waals surface area (Å²) in [6, 6.07) is 0. The molecule has 0 saturated carbocycles. The monoisotopic (exact) mass is 265 g/mol. The smallest absolute Gasteiger partial charge is 0.198 e. The maximum Gasteiger partial charge on any atom is 0.198 e. The largest absolute Gasteiger partial charge is 0.278 e. The highest BCUT2D eigenvalue weighted by Crippen LogP contribution is 2.29. The fourth-order valence-corrected chi connectivity index (χ4v) is 2.78. The highest BCUT2D eigenvalue weighted by molar-refractivity contribution is 7.15. The molecule has 3 rings (SSSR count). The zero-order valence-electron chi connectivity index (χ0n) is 9.18. The fourth-order valence-electron chi connectivity index (χ4n) is 1.69. The number of fused-ring (bicyclic) bond motifs is 1. The average molecular weight is 266 g/mol. The Kier molecular flexibility index (Phi) is 2.34. The number of hydrogen-bond donors (Lipinski definition) is 0. The molecule has 0 unspecified atom stereocenters. The maximum absolute atomic E-state index is 5.96. The molecule has 86 valence electrons. The van der Waals surface area contributed by atoms with Crippen molar-refractivity contribution in [3.05, 3.63) is 28.2 Å². The molecule has 0 aromatic carbocycles. The van der Waals surface area contributed by atoms with Crippen molar-refractivity contribution >= 4 is 28.6 Å². The Bertz CT molecular complexity index is 702. The van der Waals surface area contributed by atoms with Crippen LogP contribution in [0.4, 0.5) is 0 Å². The van der Waals surface area contributed by atoms with Crippen molar-refractivity contribution in [2.75, 3.05) is 0 Å². The van der Waals surface area contributed by atoms with E-state index in [9.17, 15) is 0 Å². The lowest BCUT2D eigenvalue weighted by molar-refractivity contribution is 1.10. The minimum atomic E-state index is 0.352. The highest BCUT2D eigenvalue weighted by Gasteiger charge is 2.15. The van der Waals surface area contributed by atoms with Gasteiger partial charge in [-0.2, -0.15) is 0 Å². The molecule has 7 heteroatoms. The predicted octanol–water partition coefficient (Wildman–Crippen LogP) is 2.52. The lowest BCUT2D eigenvalue weighted by atomic mass is 10.4. The Morgan fingerprint density at radius 3 is 2.82 bits per heavy atom. The van der Waals surface area contributed by atoms with Gasteiger partial charge in [-0.05, 0) is 13.8 Å². The van der Waals surface area contributed by atoms with Gasteiger partial charge in [0.1, 0.15) is 0 Å². The van der Waals surface area contributed by atoms with Gasteiger partial charge in [0.15, 0.2) is 16.6 Å². The second-order valence-electron chi connectivity index (χ2n) is 3.58. The number of rotatable bonds is 1. The summed E-state index contributed by atoms with van der Waals surface area (Å²) in [4.78, 5) is 9.37. The maximum atomic E-state index is 5.96. The van der Waals surface area contributed by atoms with E-state index < -0.39 is 0 Å². The molecule has 0 N–H and O–H groups in total. The van der Waals surface area contributed by atoms with Crippen LogP contribution in [0, 0.1) is 13.8 Å². The normalized spacial score (nSPS) is 11.2. The first-order valence-corrected chi connectivity index (χ1v) is 6.16. The summed E-state index contributed by atoms with van der Waals surface area (Å²) in [7, 11) is 0. The summed E-state index contributed by atoms with van der Waals surface area (Å²) in [6.45, 7) is 3.93. The summed E-state index contributed by atoms with van der Waals surface area (Å²) in [5, 5.41) is 9.56. The first-order valence-electron chi connectivity index (χ1n) is 4.96. The van der Waals surface area contributed by atoms with Gasteiger partial charge in [0.25, 0.3) is 0 Å². The zero-order chi connectivity index (χ0) is 12.0. The van der Waals surface area contributed by atoms with Gasteiger partial charge in [0, 0.05) is 12.4 Å². The van der Waals surface area contributed by atoms with Crippen LogP contribution in [0.25, 0.3) is 16.3 Å². The molecule has 0 bridgehead atoms. The van der Waals surface area contributed by atoms with Crippen LogP contribution in [0.15, 0.2) is 12.4 Å². The lowest BCUT2D eigenvalue weighted by Crippen LogP contribution is -1.90. The van der Waals surface area contributed by atoms with Crippen LogP contribution in [0.2, 0.25) is 5.15 Å². The van der Waals surface area contributed by atoms with Gasteiger partial charge in [-0.25, -0.2) is 9.97 Å². The van der Waals surface area contributed by atoms with Crippen LogP contribution < -0.4 is 0 Å². The van der Waals surface area contributed by atoms with Crippen molar-refractivity contribution in [2.45, 2.75) is 13.8 Å². The Morgan fingerprint density at radius 1 is 1.29 bits per heavy atom. The average Bonchev–Trinajstić information content (AvgIpc) is 2.83. The van der Waals surface area contributed by atoms with Crippen molar-refractivity contribution in [3.8, 4) is 10.7 Å². The van der Waals surface area contributed by atoms with E-state index in [1.807, 2.05) is 18.2 Å². The number of hydrogen-bond acceptors (Lipinski definition) is 5. The molecule has 3 aromatic heterocycles. The van der Waals surface area contributed by atoms with Crippen LogP contribution in [0.3, 0.4) is 0 Å². The number of aromatic nitrogens is 5. The summed E-state index contributed by atoms with van der Waals surface area (Å²) in [6.07, 6.45) is 3.43. The third-order valence-electron chi connectivity index (χ3n) is 2.39. The molecule has 0 radical (unpaired) electrons. The third kappa shape index (κ3) is 1.60. The molecule has 3 aromatic rings. The molecule has 0 spiro atoms. The fraction of sp³-hybridized carbons (Fsp3) is 0.200. The molecule has 3 heterocycles. The van der Waals surface area contributed by atoms with Gasteiger partial charge in [0.2, 0.25) is 0 Å². The summed E-state index contributed by atoms with van der Waals surface area (Å²) in [5.41, 5.74) is 1.52. The number of halogens is 1. The molecule has 17 heavy (non-hydrogen) atoms. The molecule has 0 aliphatic rings. The predicted molar refractivity (Wildman–Crippen MR) is 66.4 cm³/mol. The van der Waals surface area contributed by atoms with E-state index in [0.29, 0.717) is 10.8 Å². The summed E-state index contributed by atoms with van der Waals surface area (Å²) in [5.74, 6) is 0.757. The quantitative estimate of drug-likeness (QED) is 0.678. The molecular weight excluding hydrogens is 258 g/mol. The van der Waals surface area contributed by atoms with E-state index in [2.05, 4.69) is 20.2 Å². The zero-order valence-corrected chi connectivity index (χ0v) is 10.7. The topological polar surface area (TPSA) is 56.0 Å². The van der Waals surface area contributed by atoms with Crippen molar-refractivity contribution in [1.29, 1.82) is 0 Å². The van der Waals surface area contributed by atoms with Crippen LogP contribution >= 0.6 is 22.9 Å². The second-order valence-corrected chi connectivity index (χ2v) is 5.14. The van der Waals surface area contributed by atoms with Crippen molar-refractivity contribution < 1.29 is 0 Å². The van der Waals surface area contributed by atoms with Gasteiger partial charge in [-0.1, -0.05) is 11.6 Å². The van der Waals surface area contributed by atoms with E-state index in [-0.39, 0.29) is 0 Å². The van der Waals surface area contributed by atoms with E-state index >= 15 is 0 Å². The Hall–Kier alpha value is -1.53. The number of thiazole rings is 1. The van der Waals surface area contributed by atoms with E-state index in [1.54, 1.807) is 23.7 Å². The van der Waals surface area contributed by atoms with Crippen molar-refractivity contribution in [2.24, 2.45) is 0 Å². The molecule has 0 saturated heterocycles. The highest BCUT2D eigenvalue weighted by atomic mass is 35.5. The first kappa shape index (κ1) is 10.6. The van der Waals surface area contributed by atoms with Crippen LogP contribution in [0.1, 0.15) is 10.7 Å². The van der Waals surface area contributed by atoms with E-state index in [1.165, 1.54) is 0 Å². The second kappa shape index (κ2) is 3.75. The van der Waals surface area contributed by atoms with Crippen molar-refractivity contribution in [1.82, 2.24) is 24.6 Å². The molecule has 5 nitrogen and oxygen atoms in total. The summed E-state index contributed by atoms with van der Waals surface area (Å²) < 4.78 is 1.83. The molecule has 0 atom stereocenters. The van der Waals surface area contributed by atoms with Gasteiger partial charge in [0.05, 0.1) is 15.6 Å². The van der Waals surface area contributed by atoms with Crippen LogP contribution in [-0.2, 0) is 0 Å². The summed E-state index contributed by atoms with van der Waals surface area (Å²) >= 11 is 7.55. The van der Waals surface area contributed by atoms with Crippen molar-refractivity contribution in [3.63, 3.8) is 0 Å². The minimum Gasteiger partial charge on any atom is -0.278 e. The molecule has 0 fully saturated rings. The standard InChI is InChI=1S/C10H8ClN5S/c1-5-7(17-6(2)13-5)9-14-15-10-8(11)12-3-4-16(9)10/h3-4H,1-2H3. The van der Waals surface area contributed by atoms with Gasteiger partial charge < -0.3 is 0 Å². The van der Waals surface area contributed by atoms with Crippen LogP contribution in [-0.4, -0.2) is 24.6 Å². The first-order chi connectivity index (χ1) is 8.16. The molecular formula is C10H8ClN5S. The molecule has 0 aliphatic carbocycles. The molecule has 0 aliphatic heterocycles. The minimum absolute atomic E-state index is 0.352. The lowest BCUT2D eigenvalue weighted by Gasteiger charge is -1.97. The van der Waals surface area contributed by atoms with Gasteiger partial charge in [-0.15, -0.1) is 21.5 Å². The number of aryl methyl sites for hydroxylation is 2. The third-order valence-corrected chi connectivity index (χ3v) is 3.73. The van der Waals surface area contributed by atoms with Gasteiger partial charge >= 0.3 is 0 Å². The Morgan fingerprint density at radius 2 is 2.12 bits per heavy atom. The van der Waals surface area contributed by atoms with Crippen LogP contribution in [0.5, 0.6) is 0 Å².